The van der Waals surface area contributed by atoms with Gasteiger partial charge >= 0.3 is 0 Å². The van der Waals surface area contributed by atoms with Crippen LogP contribution in [0, 0.1) is 0 Å². The molecule has 0 saturated carbocycles. The van der Waals surface area contributed by atoms with Gasteiger partial charge in [-0.3, -0.25) is 0 Å². The Bertz CT molecular complexity index is 85.7. The molecule has 0 spiro atoms. The lowest BCUT2D eigenvalue weighted by atomic mass is 10.3. The van der Waals surface area contributed by atoms with Crippen molar-refractivity contribution in [3.8, 4) is 0 Å². The first-order valence-electron chi connectivity index (χ1n) is 2.09. The Labute approximate surface area is 46.2 Å². The van der Waals surface area contributed by atoms with Gasteiger partial charge in [-0.15, -0.1) is 0 Å². The van der Waals surface area contributed by atoms with Crippen LogP contribution in [-0.2, 0) is 16.4 Å². The van der Waals surface area contributed by atoms with Gasteiger partial charge < -0.3 is 0 Å². The summed E-state index contributed by atoms with van der Waals surface area (Å²) in [6.07, 6.45) is -0.266. The Balaban J connectivity index is 3.35. The van der Waals surface area contributed by atoms with Gasteiger partial charge in [0.05, 0.1) is 11.3 Å². The standard InChI is InChI=1S/C4H7O2S/c1-2-4(5)3-7-6/h3-4H,2H2,1H3. The third kappa shape index (κ3) is 3.69. The second-order valence-electron chi connectivity index (χ2n) is 1.18. The molecule has 1 radical (unpaired) electrons. The molecule has 0 amide bonds. The molecule has 0 aliphatic carbocycles. The van der Waals surface area contributed by atoms with Crippen LogP contribution in [0.15, 0.2) is 0 Å². The minimum atomic E-state index is -0.775. The summed E-state index contributed by atoms with van der Waals surface area (Å²) in [7, 11) is 0. The maximum atomic E-state index is 10.2. The molecule has 0 saturated heterocycles. The highest BCUT2D eigenvalue weighted by atomic mass is 32.1. The molecule has 7 heavy (non-hydrogen) atoms. The summed E-state index contributed by atoms with van der Waals surface area (Å²) in [4.78, 5) is 0. The average Bonchev–Trinajstić information content (AvgIpc) is 1.68. The third-order valence-corrected chi connectivity index (χ3v) is 1.02. The molecule has 2 nitrogen and oxygen atoms in total. The molecule has 0 rings (SSSR count). The van der Waals surface area contributed by atoms with E-state index >= 15 is 0 Å². The van der Waals surface area contributed by atoms with Gasteiger partial charge in [0.25, 0.3) is 0 Å². The van der Waals surface area contributed by atoms with Gasteiger partial charge in [0.2, 0.25) is 0 Å². The highest BCUT2D eigenvalue weighted by molar-refractivity contribution is 7.64. The fourth-order valence-corrected chi connectivity index (χ4v) is 0.475. The van der Waals surface area contributed by atoms with Crippen molar-refractivity contribution in [3.05, 3.63) is 0 Å². The van der Waals surface area contributed by atoms with E-state index < -0.39 is 6.10 Å². The smallest absolute Gasteiger partial charge is 0.123 e. The lowest BCUT2D eigenvalue weighted by Gasteiger charge is -1.87. The minimum Gasteiger partial charge on any atom is -0.228 e. The van der Waals surface area contributed by atoms with Gasteiger partial charge in [-0.25, -0.2) is 9.32 Å². The molecule has 0 heterocycles. The molecule has 0 aliphatic rings. The number of hydrogen-bond acceptors (Lipinski definition) is 1. The fourth-order valence-electron chi connectivity index (χ4n) is 0.158. The van der Waals surface area contributed by atoms with E-state index in [2.05, 4.69) is 0 Å². The molecule has 0 aliphatic heterocycles. The van der Waals surface area contributed by atoms with Crippen LogP contribution in [0.4, 0.5) is 0 Å². The van der Waals surface area contributed by atoms with E-state index in [1.54, 1.807) is 6.92 Å². The molecule has 0 bridgehead atoms. The second kappa shape index (κ2) is 4.02. The lowest BCUT2D eigenvalue weighted by molar-refractivity contribution is 0.148. The van der Waals surface area contributed by atoms with Gasteiger partial charge in [0.15, 0.2) is 0 Å². The minimum absolute atomic E-state index is 0.247. The van der Waals surface area contributed by atoms with Crippen molar-refractivity contribution in [1.82, 2.24) is 0 Å². The normalized spacial score (nSPS) is 12.9. The van der Waals surface area contributed by atoms with Crippen molar-refractivity contribution in [2.24, 2.45) is 0 Å². The molecule has 1 unspecified atom stereocenters. The Kier molecular flexibility index (Phi) is 3.93. The van der Waals surface area contributed by atoms with E-state index in [1.807, 2.05) is 0 Å². The van der Waals surface area contributed by atoms with Crippen molar-refractivity contribution >= 4 is 16.6 Å². The average molecular weight is 119 g/mol. The topological polar surface area (TPSA) is 37.0 Å². The van der Waals surface area contributed by atoms with Crippen LogP contribution >= 0.6 is 0 Å². The molecule has 1 atom stereocenters. The first-order valence-corrected chi connectivity index (χ1v) is 2.89. The van der Waals surface area contributed by atoms with Crippen LogP contribution in [0.1, 0.15) is 13.3 Å². The highest BCUT2D eigenvalue weighted by Crippen LogP contribution is 1.81. The summed E-state index contributed by atoms with van der Waals surface area (Å²) in [6, 6.07) is 0. The zero-order valence-electron chi connectivity index (χ0n) is 4.09. The van der Waals surface area contributed by atoms with Crippen LogP contribution in [0.25, 0.3) is 0 Å². The van der Waals surface area contributed by atoms with Crippen molar-refractivity contribution in [2.75, 3.05) is 0 Å². The van der Waals surface area contributed by atoms with Crippen LogP contribution < -0.4 is 0 Å². The molecular formula is C4H7O2S. The van der Waals surface area contributed by atoms with E-state index in [1.165, 1.54) is 0 Å². The van der Waals surface area contributed by atoms with Gasteiger partial charge in [-0.05, 0) is 6.42 Å². The van der Waals surface area contributed by atoms with Crippen LogP contribution in [0.3, 0.4) is 0 Å². The summed E-state index contributed by atoms with van der Waals surface area (Å²) in [5, 5.41) is 11.4. The molecular weight excluding hydrogens is 112 g/mol. The fraction of sp³-hybridized carbons (Fsp3) is 0.750. The van der Waals surface area contributed by atoms with Gasteiger partial charge in [-0.1, -0.05) is 6.92 Å². The van der Waals surface area contributed by atoms with Crippen molar-refractivity contribution in [3.63, 3.8) is 0 Å². The Morgan fingerprint density at radius 3 is 2.57 bits per heavy atom. The first-order chi connectivity index (χ1) is 3.31. The van der Waals surface area contributed by atoms with Crippen LogP contribution in [0.2, 0.25) is 0 Å². The first kappa shape index (κ1) is 6.85. The molecule has 41 valence electrons. The third-order valence-electron chi connectivity index (χ3n) is 0.610. The lowest BCUT2D eigenvalue weighted by Crippen LogP contribution is -2.01. The van der Waals surface area contributed by atoms with Crippen molar-refractivity contribution < 1.29 is 9.32 Å². The van der Waals surface area contributed by atoms with Gasteiger partial charge in [0.1, 0.15) is 6.10 Å². The van der Waals surface area contributed by atoms with E-state index in [-0.39, 0.29) is 11.3 Å². The van der Waals surface area contributed by atoms with Crippen LogP contribution in [-0.4, -0.2) is 15.7 Å². The largest absolute Gasteiger partial charge is 0.228 e. The zero-order valence-corrected chi connectivity index (χ0v) is 4.90. The van der Waals surface area contributed by atoms with Gasteiger partial charge in [-0.2, -0.15) is 0 Å². The summed E-state index contributed by atoms with van der Waals surface area (Å²) < 4.78 is 9.56. The molecule has 0 fully saturated rings. The molecule has 0 aromatic heterocycles. The summed E-state index contributed by atoms with van der Waals surface area (Å²) in [6.45, 7) is 1.75. The van der Waals surface area contributed by atoms with Gasteiger partial charge in [0, 0.05) is 5.37 Å². The van der Waals surface area contributed by atoms with Crippen molar-refractivity contribution in [1.29, 1.82) is 0 Å². The van der Waals surface area contributed by atoms with E-state index in [0.29, 0.717) is 6.42 Å². The number of rotatable bonds is 2. The van der Waals surface area contributed by atoms with E-state index in [9.17, 15) is 9.32 Å². The predicted octanol–water partition coefficient (Wildman–Crippen LogP) is 0.211. The summed E-state index contributed by atoms with van der Waals surface area (Å²) in [5.74, 6) is 0. The zero-order chi connectivity index (χ0) is 5.70. The molecule has 0 aromatic carbocycles. The predicted molar refractivity (Wildman–Crippen MR) is 29.0 cm³/mol. The second-order valence-corrected chi connectivity index (χ2v) is 1.64. The summed E-state index contributed by atoms with van der Waals surface area (Å²) >= 11 is 0.247. The monoisotopic (exact) mass is 119 g/mol. The molecule has 3 heteroatoms. The van der Waals surface area contributed by atoms with Crippen molar-refractivity contribution in [2.45, 2.75) is 19.4 Å². The molecule has 0 aromatic rings. The SMILES string of the molecule is CCC([O])C=S=O. The maximum absolute atomic E-state index is 10.2. The Morgan fingerprint density at radius 1 is 1.86 bits per heavy atom. The Morgan fingerprint density at radius 2 is 2.43 bits per heavy atom. The van der Waals surface area contributed by atoms with E-state index in [0.717, 1.165) is 5.37 Å². The van der Waals surface area contributed by atoms with Crippen LogP contribution in [0.5, 0.6) is 0 Å². The molecule has 0 N–H and O–H groups in total. The Hall–Kier alpha value is -0.150. The number of hydrogen-bond donors (Lipinski definition) is 0. The summed E-state index contributed by atoms with van der Waals surface area (Å²) in [5.41, 5.74) is 0. The maximum Gasteiger partial charge on any atom is 0.123 e. The highest BCUT2D eigenvalue weighted by Gasteiger charge is 1.92. The van der Waals surface area contributed by atoms with E-state index in [4.69, 9.17) is 0 Å². The quantitative estimate of drug-likeness (QED) is 0.479.